The van der Waals surface area contributed by atoms with Crippen LogP contribution in [0.5, 0.6) is 0 Å². The number of anilines is 1. The Balaban J connectivity index is 1.90. The van der Waals surface area contributed by atoms with Crippen molar-refractivity contribution >= 4 is 11.7 Å². The van der Waals surface area contributed by atoms with Crippen LogP contribution in [-0.2, 0) is 20.7 Å². The predicted molar refractivity (Wildman–Crippen MR) is 103 cm³/mol. The van der Waals surface area contributed by atoms with Crippen molar-refractivity contribution in [3.05, 3.63) is 76.9 Å². The molecule has 0 aromatic heterocycles. The van der Waals surface area contributed by atoms with Crippen LogP contribution in [-0.4, -0.2) is 33.3 Å². The van der Waals surface area contributed by atoms with Gasteiger partial charge >= 0.3 is 5.97 Å². The molecule has 4 nitrogen and oxygen atoms in total. The normalized spacial score (nSPS) is 16.7. The smallest absolute Gasteiger partial charge is 0.337 e. The number of esters is 1. The van der Waals surface area contributed by atoms with Crippen LogP contribution in [0.2, 0.25) is 0 Å². The molecule has 0 fully saturated rings. The summed E-state index contributed by atoms with van der Waals surface area (Å²) in [6, 6.07) is 18.2. The van der Waals surface area contributed by atoms with Gasteiger partial charge < -0.3 is 14.4 Å². The number of hydrogen-bond donors (Lipinski definition) is 0. The van der Waals surface area contributed by atoms with Crippen LogP contribution in [0.1, 0.15) is 24.2 Å². The van der Waals surface area contributed by atoms with Crippen molar-refractivity contribution in [2.75, 3.05) is 32.2 Å². The molecule has 2 aromatic carbocycles. The first-order chi connectivity index (χ1) is 12.6. The number of rotatable bonds is 6. The van der Waals surface area contributed by atoms with E-state index < -0.39 is 0 Å². The summed E-state index contributed by atoms with van der Waals surface area (Å²) in [5.41, 5.74) is 4.93. The van der Waals surface area contributed by atoms with Crippen molar-refractivity contribution in [2.24, 2.45) is 0 Å². The van der Waals surface area contributed by atoms with E-state index in [0.717, 1.165) is 22.4 Å². The SMILES string of the molecule is CCOC(=O)C1=C(Cc2ccc(N(C)C)cc2)COC1c1ccccc1. The van der Waals surface area contributed by atoms with Crippen molar-refractivity contribution in [1.82, 2.24) is 0 Å². The molecule has 0 radical (unpaired) electrons. The van der Waals surface area contributed by atoms with E-state index in [9.17, 15) is 4.79 Å². The highest BCUT2D eigenvalue weighted by atomic mass is 16.5. The summed E-state index contributed by atoms with van der Waals surface area (Å²) in [4.78, 5) is 14.7. The fraction of sp³-hybridized carbons (Fsp3) is 0.318. The van der Waals surface area contributed by atoms with Gasteiger partial charge in [0.05, 0.1) is 18.8 Å². The summed E-state index contributed by atoms with van der Waals surface area (Å²) in [7, 11) is 4.04. The van der Waals surface area contributed by atoms with Gasteiger partial charge in [-0.3, -0.25) is 0 Å². The van der Waals surface area contributed by atoms with E-state index in [0.29, 0.717) is 25.2 Å². The monoisotopic (exact) mass is 351 g/mol. The number of carbonyl (C=O) groups is 1. The molecule has 3 rings (SSSR count). The molecule has 1 unspecified atom stereocenters. The zero-order valence-electron chi connectivity index (χ0n) is 15.6. The minimum Gasteiger partial charge on any atom is -0.463 e. The molecule has 0 N–H and O–H groups in total. The number of carbonyl (C=O) groups excluding carboxylic acids is 1. The molecule has 1 atom stereocenters. The molecule has 0 saturated carbocycles. The van der Waals surface area contributed by atoms with Gasteiger partial charge in [0, 0.05) is 19.8 Å². The van der Waals surface area contributed by atoms with Gasteiger partial charge in [-0.05, 0) is 42.2 Å². The Bertz CT molecular complexity index is 779. The molecule has 0 bridgehead atoms. The minimum atomic E-state index is -0.355. The van der Waals surface area contributed by atoms with Crippen LogP contribution in [0.3, 0.4) is 0 Å². The first-order valence-electron chi connectivity index (χ1n) is 8.92. The van der Waals surface area contributed by atoms with E-state index in [1.165, 1.54) is 0 Å². The third-order valence-electron chi connectivity index (χ3n) is 4.54. The van der Waals surface area contributed by atoms with E-state index in [-0.39, 0.29) is 12.1 Å². The highest BCUT2D eigenvalue weighted by Crippen LogP contribution is 2.36. The third-order valence-corrected chi connectivity index (χ3v) is 4.54. The van der Waals surface area contributed by atoms with Crippen LogP contribution >= 0.6 is 0 Å². The first kappa shape index (κ1) is 18.2. The Morgan fingerprint density at radius 2 is 1.81 bits per heavy atom. The summed E-state index contributed by atoms with van der Waals surface area (Å²) < 4.78 is 11.3. The Hall–Kier alpha value is -2.59. The molecule has 0 amide bonds. The Kier molecular flexibility index (Phi) is 5.74. The minimum absolute atomic E-state index is 0.279. The average Bonchev–Trinajstić information content (AvgIpc) is 3.07. The van der Waals surface area contributed by atoms with Crippen molar-refractivity contribution < 1.29 is 14.3 Å². The van der Waals surface area contributed by atoms with E-state index in [1.807, 2.05) is 51.4 Å². The van der Waals surface area contributed by atoms with Gasteiger partial charge in [-0.15, -0.1) is 0 Å². The maximum atomic E-state index is 12.6. The molecule has 26 heavy (non-hydrogen) atoms. The van der Waals surface area contributed by atoms with Crippen molar-refractivity contribution in [3.8, 4) is 0 Å². The zero-order chi connectivity index (χ0) is 18.5. The quantitative estimate of drug-likeness (QED) is 0.739. The van der Waals surface area contributed by atoms with E-state index in [1.54, 1.807) is 0 Å². The molecule has 0 spiro atoms. The number of benzene rings is 2. The Morgan fingerprint density at radius 3 is 2.42 bits per heavy atom. The summed E-state index contributed by atoms with van der Waals surface area (Å²) in [5.74, 6) is -0.279. The lowest BCUT2D eigenvalue weighted by molar-refractivity contribution is -0.139. The molecule has 136 valence electrons. The highest BCUT2D eigenvalue weighted by Gasteiger charge is 2.33. The van der Waals surface area contributed by atoms with Crippen LogP contribution in [0.25, 0.3) is 0 Å². The molecule has 0 saturated heterocycles. The van der Waals surface area contributed by atoms with Gasteiger partial charge in [0.1, 0.15) is 6.10 Å². The second kappa shape index (κ2) is 8.19. The maximum absolute atomic E-state index is 12.6. The fourth-order valence-electron chi connectivity index (χ4n) is 3.19. The molecule has 1 aliphatic heterocycles. The topological polar surface area (TPSA) is 38.8 Å². The predicted octanol–water partition coefficient (Wildman–Crippen LogP) is 3.93. The van der Waals surface area contributed by atoms with Crippen LogP contribution < -0.4 is 4.90 Å². The molecular weight excluding hydrogens is 326 g/mol. The van der Waals surface area contributed by atoms with Crippen LogP contribution in [0, 0.1) is 0 Å². The molecular formula is C22H25NO3. The largest absolute Gasteiger partial charge is 0.463 e. The summed E-state index contributed by atoms with van der Waals surface area (Å²) in [6.07, 6.45) is 0.330. The maximum Gasteiger partial charge on any atom is 0.337 e. The summed E-state index contributed by atoms with van der Waals surface area (Å²) >= 11 is 0. The standard InChI is InChI=1S/C22H25NO3/c1-4-25-22(24)20-18(14-16-10-12-19(13-11-16)23(2)3)15-26-21(20)17-8-6-5-7-9-17/h5-13,21H,4,14-15H2,1-3H3. The van der Waals surface area contributed by atoms with Gasteiger partial charge in [-0.2, -0.15) is 0 Å². The van der Waals surface area contributed by atoms with Gasteiger partial charge in [0.25, 0.3) is 0 Å². The lowest BCUT2D eigenvalue weighted by atomic mass is 9.95. The Morgan fingerprint density at radius 1 is 1.12 bits per heavy atom. The van der Waals surface area contributed by atoms with E-state index >= 15 is 0 Å². The van der Waals surface area contributed by atoms with Gasteiger partial charge in [-0.25, -0.2) is 4.79 Å². The molecule has 2 aromatic rings. The van der Waals surface area contributed by atoms with Crippen molar-refractivity contribution in [1.29, 1.82) is 0 Å². The van der Waals surface area contributed by atoms with Gasteiger partial charge in [0.15, 0.2) is 0 Å². The Labute approximate surface area is 155 Å². The number of ether oxygens (including phenoxy) is 2. The number of hydrogen-bond acceptors (Lipinski definition) is 4. The molecule has 4 heteroatoms. The van der Waals surface area contributed by atoms with Gasteiger partial charge in [-0.1, -0.05) is 42.5 Å². The second-order valence-corrected chi connectivity index (χ2v) is 6.58. The second-order valence-electron chi connectivity index (χ2n) is 6.58. The van der Waals surface area contributed by atoms with E-state index in [4.69, 9.17) is 9.47 Å². The number of nitrogens with zero attached hydrogens (tertiary/aromatic N) is 1. The lowest BCUT2D eigenvalue weighted by Crippen LogP contribution is -2.14. The van der Waals surface area contributed by atoms with Crippen molar-refractivity contribution in [3.63, 3.8) is 0 Å². The molecule has 0 aliphatic carbocycles. The summed E-state index contributed by atoms with van der Waals surface area (Å²) in [6.45, 7) is 2.63. The highest BCUT2D eigenvalue weighted by molar-refractivity contribution is 5.91. The van der Waals surface area contributed by atoms with Gasteiger partial charge in [0.2, 0.25) is 0 Å². The van der Waals surface area contributed by atoms with Crippen LogP contribution in [0.15, 0.2) is 65.7 Å². The van der Waals surface area contributed by atoms with E-state index in [2.05, 4.69) is 29.2 Å². The molecule has 1 heterocycles. The molecule has 1 aliphatic rings. The summed E-state index contributed by atoms with van der Waals surface area (Å²) in [5, 5.41) is 0. The average molecular weight is 351 g/mol. The zero-order valence-corrected chi connectivity index (χ0v) is 15.6. The lowest BCUT2D eigenvalue weighted by Gasteiger charge is -2.15. The fourth-order valence-corrected chi connectivity index (χ4v) is 3.19. The first-order valence-corrected chi connectivity index (χ1v) is 8.92. The third kappa shape index (κ3) is 3.97. The van der Waals surface area contributed by atoms with Crippen molar-refractivity contribution in [2.45, 2.75) is 19.4 Å². The van der Waals surface area contributed by atoms with Crippen LogP contribution in [0.4, 0.5) is 5.69 Å².